The number of pyridine rings is 1. The number of carboxylic acids is 1. The summed E-state index contributed by atoms with van der Waals surface area (Å²) < 4.78 is 41.7. The second-order valence-corrected chi connectivity index (χ2v) is 6.44. The van der Waals surface area contributed by atoms with Gasteiger partial charge in [-0.05, 0) is 25.1 Å². The molecular formula is C21H14F3N3O2. The van der Waals surface area contributed by atoms with E-state index in [0.717, 1.165) is 10.7 Å². The lowest BCUT2D eigenvalue weighted by atomic mass is 10.1. The number of aromatic carboxylic acids is 1. The second-order valence-electron chi connectivity index (χ2n) is 6.44. The average molecular weight is 397 g/mol. The largest absolute Gasteiger partial charge is 0.478 e. The predicted molar refractivity (Wildman–Crippen MR) is 101 cm³/mol. The Morgan fingerprint density at radius 1 is 1.03 bits per heavy atom. The number of fused-ring (bicyclic) bond motifs is 1. The zero-order chi connectivity index (χ0) is 20.8. The summed E-state index contributed by atoms with van der Waals surface area (Å²) in [6.07, 6.45) is -4.60. The number of nitrogens with zero attached hydrogens (tertiary/aromatic N) is 3. The molecule has 0 aliphatic carbocycles. The number of carbonyl (C=O) groups is 1. The lowest BCUT2D eigenvalue weighted by Crippen LogP contribution is -2.12. The number of benzene rings is 2. The fraction of sp³-hybridized carbons (Fsp3) is 0.0952. The van der Waals surface area contributed by atoms with Crippen LogP contribution in [0.15, 0.2) is 60.7 Å². The molecule has 4 aromatic rings. The van der Waals surface area contributed by atoms with Gasteiger partial charge in [-0.1, -0.05) is 42.5 Å². The fourth-order valence-corrected chi connectivity index (χ4v) is 3.28. The summed E-state index contributed by atoms with van der Waals surface area (Å²) in [5.41, 5.74) is 0.148. The van der Waals surface area contributed by atoms with Gasteiger partial charge in [0, 0.05) is 5.56 Å². The van der Waals surface area contributed by atoms with Gasteiger partial charge in [0.25, 0.3) is 0 Å². The van der Waals surface area contributed by atoms with Crippen LogP contribution >= 0.6 is 0 Å². The topological polar surface area (TPSA) is 68.0 Å². The van der Waals surface area contributed by atoms with E-state index in [1.807, 2.05) is 0 Å². The van der Waals surface area contributed by atoms with Crippen molar-refractivity contribution in [3.05, 3.63) is 77.5 Å². The Morgan fingerprint density at radius 3 is 2.34 bits per heavy atom. The van der Waals surface area contributed by atoms with Gasteiger partial charge in [0.1, 0.15) is 0 Å². The first kappa shape index (κ1) is 18.7. The van der Waals surface area contributed by atoms with Crippen LogP contribution in [0.3, 0.4) is 0 Å². The summed E-state index contributed by atoms with van der Waals surface area (Å²) in [5.74, 6) is -1.21. The molecule has 2 aromatic carbocycles. The third-order valence-corrected chi connectivity index (χ3v) is 4.55. The van der Waals surface area contributed by atoms with Crippen LogP contribution in [-0.4, -0.2) is 25.8 Å². The molecule has 0 aliphatic rings. The van der Waals surface area contributed by atoms with Crippen molar-refractivity contribution in [3.8, 4) is 16.9 Å². The van der Waals surface area contributed by atoms with Gasteiger partial charge in [-0.2, -0.15) is 18.3 Å². The minimum atomic E-state index is -4.60. The van der Waals surface area contributed by atoms with Crippen molar-refractivity contribution in [2.45, 2.75) is 13.1 Å². The molecule has 8 heteroatoms. The Hall–Kier alpha value is -3.68. The zero-order valence-corrected chi connectivity index (χ0v) is 15.1. The number of hydrogen-bond acceptors (Lipinski definition) is 3. The highest BCUT2D eigenvalue weighted by Crippen LogP contribution is 2.36. The summed E-state index contributed by atoms with van der Waals surface area (Å²) in [6, 6.07) is 15.2. The molecule has 5 nitrogen and oxygen atoms in total. The normalized spacial score (nSPS) is 11.7. The third kappa shape index (κ3) is 3.22. The van der Waals surface area contributed by atoms with Crippen LogP contribution in [0.5, 0.6) is 0 Å². The van der Waals surface area contributed by atoms with Gasteiger partial charge in [0.05, 0.1) is 33.6 Å². The molecule has 29 heavy (non-hydrogen) atoms. The first-order valence-electron chi connectivity index (χ1n) is 8.63. The van der Waals surface area contributed by atoms with Crippen molar-refractivity contribution in [1.29, 1.82) is 0 Å². The molecule has 0 fully saturated rings. The SMILES string of the molecule is Cc1nn(-c2ccccc2C(F)(F)F)c2nc(-c3ccccc3)cc(C(=O)O)c12. The van der Waals surface area contributed by atoms with Crippen molar-refractivity contribution in [3.63, 3.8) is 0 Å². The predicted octanol–water partition coefficient (Wildman–Crippen LogP) is 5.11. The summed E-state index contributed by atoms with van der Waals surface area (Å²) in [6.45, 7) is 1.55. The molecule has 0 saturated heterocycles. The quantitative estimate of drug-likeness (QED) is 0.521. The molecule has 4 rings (SSSR count). The van der Waals surface area contributed by atoms with Crippen LogP contribution in [-0.2, 0) is 6.18 Å². The first-order chi connectivity index (χ1) is 13.8. The van der Waals surface area contributed by atoms with E-state index in [1.165, 1.54) is 24.3 Å². The minimum absolute atomic E-state index is 0.0537. The highest BCUT2D eigenvalue weighted by molar-refractivity contribution is 6.04. The molecule has 146 valence electrons. The number of halogens is 3. The van der Waals surface area contributed by atoms with E-state index in [4.69, 9.17) is 0 Å². The summed E-state index contributed by atoms with van der Waals surface area (Å²) >= 11 is 0. The number of alkyl halides is 3. The van der Waals surface area contributed by atoms with Crippen LogP contribution in [0.2, 0.25) is 0 Å². The minimum Gasteiger partial charge on any atom is -0.478 e. The molecule has 0 amide bonds. The Labute approximate surface area is 163 Å². The first-order valence-corrected chi connectivity index (χ1v) is 8.63. The van der Waals surface area contributed by atoms with Crippen LogP contribution in [0.4, 0.5) is 13.2 Å². The Balaban J connectivity index is 2.08. The third-order valence-electron chi connectivity index (χ3n) is 4.55. The summed E-state index contributed by atoms with van der Waals surface area (Å²) in [5, 5.41) is 14.1. The van der Waals surface area contributed by atoms with Gasteiger partial charge in [-0.3, -0.25) is 0 Å². The van der Waals surface area contributed by atoms with Crippen LogP contribution < -0.4 is 0 Å². The maximum Gasteiger partial charge on any atom is 0.418 e. The average Bonchev–Trinajstić information content (AvgIpc) is 3.04. The standard InChI is InChI=1S/C21H14F3N3O2/c1-12-18-14(20(28)29)11-16(13-7-3-2-4-8-13)25-19(18)27(26-12)17-10-6-5-9-15(17)21(22,23)24/h2-11H,1H3,(H,28,29). The number of aromatic nitrogens is 3. The van der Waals surface area contributed by atoms with Gasteiger partial charge in [0.15, 0.2) is 5.65 Å². The fourth-order valence-electron chi connectivity index (χ4n) is 3.28. The monoisotopic (exact) mass is 397 g/mol. The smallest absolute Gasteiger partial charge is 0.418 e. The summed E-state index contributed by atoms with van der Waals surface area (Å²) in [4.78, 5) is 16.4. The molecule has 0 radical (unpaired) electrons. The van der Waals surface area contributed by atoms with Gasteiger partial charge in [0.2, 0.25) is 0 Å². The van der Waals surface area contributed by atoms with Crippen LogP contribution in [0, 0.1) is 6.92 Å². The molecule has 0 unspecified atom stereocenters. The van der Waals surface area contributed by atoms with Crippen LogP contribution in [0.25, 0.3) is 28.0 Å². The molecule has 0 aliphatic heterocycles. The molecule has 0 saturated carbocycles. The number of rotatable bonds is 3. The van der Waals surface area contributed by atoms with E-state index >= 15 is 0 Å². The number of aryl methyl sites for hydroxylation is 1. The van der Waals surface area contributed by atoms with Crippen molar-refractivity contribution >= 4 is 17.0 Å². The number of para-hydroxylation sites is 1. The highest BCUT2D eigenvalue weighted by atomic mass is 19.4. The van der Waals surface area contributed by atoms with Crippen molar-refractivity contribution in [1.82, 2.24) is 14.8 Å². The Bertz CT molecular complexity index is 1230. The van der Waals surface area contributed by atoms with E-state index in [2.05, 4.69) is 10.1 Å². The Morgan fingerprint density at radius 2 is 1.69 bits per heavy atom. The van der Waals surface area contributed by atoms with Crippen LogP contribution in [0.1, 0.15) is 21.6 Å². The molecule has 0 bridgehead atoms. The molecule has 2 aromatic heterocycles. The van der Waals surface area contributed by atoms with E-state index in [9.17, 15) is 23.1 Å². The number of carboxylic acid groups (broad SMARTS) is 1. The molecule has 2 heterocycles. The van der Waals surface area contributed by atoms with E-state index in [0.29, 0.717) is 11.3 Å². The van der Waals surface area contributed by atoms with Gasteiger partial charge < -0.3 is 5.11 Å². The number of hydrogen-bond donors (Lipinski definition) is 1. The molecular weight excluding hydrogens is 383 g/mol. The molecule has 0 atom stereocenters. The van der Waals surface area contributed by atoms with E-state index in [-0.39, 0.29) is 28.0 Å². The van der Waals surface area contributed by atoms with Crippen molar-refractivity contribution in [2.75, 3.05) is 0 Å². The van der Waals surface area contributed by atoms with Gasteiger partial charge in [-0.15, -0.1) is 0 Å². The van der Waals surface area contributed by atoms with E-state index < -0.39 is 17.7 Å². The summed E-state index contributed by atoms with van der Waals surface area (Å²) in [7, 11) is 0. The Kier molecular flexibility index (Phi) is 4.34. The van der Waals surface area contributed by atoms with Crippen molar-refractivity contribution < 1.29 is 23.1 Å². The highest BCUT2D eigenvalue weighted by Gasteiger charge is 2.34. The molecule has 0 spiro atoms. The maximum atomic E-state index is 13.5. The van der Waals surface area contributed by atoms with Gasteiger partial charge in [-0.25, -0.2) is 14.5 Å². The molecule has 1 N–H and O–H groups in total. The second kappa shape index (κ2) is 6.73. The van der Waals surface area contributed by atoms with Crippen molar-refractivity contribution in [2.24, 2.45) is 0 Å². The van der Waals surface area contributed by atoms with E-state index in [1.54, 1.807) is 37.3 Å². The van der Waals surface area contributed by atoms with Gasteiger partial charge >= 0.3 is 12.1 Å². The lowest BCUT2D eigenvalue weighted by Gasteiger charge is -2.13. The maximum absolute atomic E-state index is 13.5. The zero-order valence-electron chi connectivity index (χ0n) is 15.1. The lowest BCUT2D eigenvalue weighted by molar-refractivity contribution is -0.137.